The Morgan fingerprint density at radius 3 is 2.59 bits per heavy atom. The molecule has 0 bridgehead atoms. The molecule has 0 spiro atoms. The maximum absolute atomic E-state index is 10.8. The minimum atomic E-state index is -0.523. The van der Waals surface area contributed by atoms with Gasteiger partial charge in [0.2, 0.25) is 0 Å². The standard InChI is InChI=1S/C27H31N3O2/c31-25(15-20-7-3-1-4-8-20)22-11-12-26-23(16-22)18-30(13-14-32-26)19-24-17-28-29-27(24)21-9-5-2-6-10-21/h1-12,16,24-25,27-29,31H,13-15,17-19H2. The van der Waals surface area contributed by atoms with Gasteiger partial charge < -0.3 is 9.84 Å². The molecule has 5 nitrogen and oxygen atoms in total. The van der Waals surface area contributed by atoms with Crippen molar-refractivity contribution in [1.29, 1.82) is 0 Å². The van der Waals surface area contributed by atoms with Crippen LogP contribution in [0.5, 0.6) is 5.75 Å². The van der Waals surface area contributed by atoms with Gasteiger partial charge >= 0.3 is 0 Å². The number of fused-ring (bicyclic) bond motifs is 1. The lowest BCUT2D eigenvalue weighted by Crippen LogP contribution is -2.34. The molecule has 3 aromatic rings. The third-order valence-electron chi connectivity index (χ3n) is 6.54. The van der Waals surface area contributed by atoms with E-state index in [9.17, 15) is 5.11 Å². The Morgan fingerprint density at radius 1 is 1.00 bits per heavy atom. The van der Waals surface area contributed by atoms with Crippen molar-refractivity contribution in [3.05, 3.63) is 101 Å². The molecule has 2 aliphatic heterocycles. The van der Waals surface area contributed by atoms with Crippen molar-refractivity contribution < 1.29 is 9.84 Å². The van der Waals surface area contributed by atoms with E-state index in [2.05, 4.69) is 64.3 Å². The van der Waals surface area contributed by atoms with Gasteiger partial charge in [0.25, 0.3) is 0 Å². The van der Waals surface area contributed by atoms with E-state index in [1.807, 2.05) is 30.3 Å². The molecule has 1 saturated heterocycles. The summed E-state index contributed by atoms with van der Waals surface area (Å²) in [6.07, 6.45) is 0.0904. The van der Waals surface area contributed by atoms with Crippen LogP contribution in [0.3, 0.4) is 0 Å². The number of benzene rings is 3. The molecule has 3 N–H and O–H groups in total. The zero-order valence-corrected chi connectivity index (χ0v) is 18.3. The van der Waals surface area contributed by atoms with E-state index in [0.29, 0.717) is 25.0 Å². The average Bonchev–Trinajstić information content (AvgIpc) is 3.19. The summed E-state index contributed by atoms with van der Waals surface area (Å²) in [5, 5.41) is 10.8. The maximum atomic E-state index is 10.8. The monoisotopic (exact) mass is 429 g/mol. The van der Waals surface area contributed by atoms with Crippen LogP contribution in [-0.2, 0) is 13.0 Å². The molecule has 166 valence electrons. The predicted octanol–water partition coefficient (Wildman–Crippen LogP) is 3.62. The fraction of sp³-hybridized carbons (Fsp3) is 0.333. The second-order valence-electron chi connectivity index (χ2n) is 8.83. The summed E-state index contributed by atoms with van der Waals surface area (Å²) in [5.74, 6) is 1.41. The molecule has 1 fully saturated rings. The van der Waals surface area contributed by atoms with Gasteiger partial charge in [0.1, 0.15) is 12.4 Å². The van der Waals surface area contributed by atoms with Crippen LogP contribution in [0.2, 0.25) is 0 Å². The number of hydrogen-bond donors (Lipinski definition) is 3. The summed E-state index contributed by atoms with van der Waals surface area (Å²) in [4.78, 5) is 2.48. The van der Waals surface area contributed by atoms with Crippen LogP contribution in [0, 0.1) is 5.92 Å². The van der Waals surface area contributed by atoms with Crippen LogP contribution in [0.4, 0.5) is 0 Å². The lowest BCUT2D eigenvalue weighted by atomic mass is 9.94. The number of aliphatic hydroxyl groups excluding tert-OH is 1. The van der Waals surface area contributed by atoms with E-state index in [1.165, 1.54) is 5.56 Å². The van der Waals surface area contributed by atoms with Crippen LogP contribution >= 0.6 is 0 Å². The van der Waals surface area contributed by atoms with Crippen LogP contribution in [0.15, 0.2) is 78.9 Å². The van der Waals surface area contributed by atoms with E-state index >= 15 is 0 Å². The summed E-state index contributed by atoms with van der Waals surface area (Å²) in [6, 6.07) is 27.3. The Kier molecular flexibility index (Phi) is 6.51. The first-order valence-electron chi connectivity index (χ1n) is 11.5. The number of nitrogens with one attached hydrogen (secondary N) is 2. The first kappa shape index (κ1) is 21.2. The lowest BCUT2D eigenvalue weighted by molar-refractivity contribution is 0.178. The van der Waals surface area contributed by atoms with Crippen LogP contribution in [-0.4, -0.2) is 36.2 Å². The molecule has 2 heterocycles. The van der Waals surface area contributed by atoms with Crippen LogP contribution in [0.25, 0.3) is 0 Å². The lowest BCUT2D eigenvalue weighted by Gasteiger charge is -2.26. The van der Waals surface area contributed by atoms with Crippen molar-refractivity contribution >= 4 is 0 Å². The highest BCUT2D eigenvalue weighted by molar-refractivity contribution is 5.39. The van der Waals surface area contributed by atoms with E-state index < -0.39 is 6.10 Å². The maximum Gasteiger partial charge on any atom is 0.123 e. The molecule has 5 rings (SSSR count). The summed E-state index contributed by atoms with van der Waals surface area (Å²) in [6.45, 7) is 4.34. The van der Waals surface area contributed by atoms with Gasteiger partial charge in [-0.3, -0.25) is 10.3 Å². The van der Waals surface area contributed by atoms with Gasteiger partial charge in [-0.2, -0.15) is 0 Å². The van der Waals surface area contributed by atoms with Crippen LogP contribution < -0.4 is 15.6 Å². The Morgan fingerprint density at radius 2 is 1.78 bits per heavy atom. The molecule has 3 aromatic carbocycles. The molecular weight excluding hydrogens is 398 g/mol. The fourth-order valence-corrected chi connectivity index (χ4v) is 4.84. The minimum absolute atomic E-state index is 0.305. The Balaban J connectivity index is 1.29. The van der Waals surface area contributed by atoms with Crippen molar-refractivity contribution in [1.82, 2.24) is 15.8 Å². The quantitative estimate of drug-likeness (QED) is 0.559. The van der Waals surface area contributed by atoms with Gasteiger partial charge in [-0.05, 0) is 28.8 Å². The molecule has 5 heteroatoms. The van der Waals surface area contributed by atoms with Crippen molar-refractivity contribution in [2.45, 2.75) is 25.1 Å². The fourth-order valence-electron chi connectivity index (χ4n) is 4.84. The van der Waals surface area contributed by atoms with Crippen LogP contribution in [0.1, 0.15) is 34.4 Å². The normalized spacial score (nSPS) is 22.0. The zero-order chi connectivity index (χ0) is 21.8. The Bertz CT molecular complexity index is 1010. The highest BCUT2D eigenvalue weighted by Crippen LogP contribution is 2.30. The SMILES string of the molecule is OC(Cc1ccccc1)c1ccc2c(c1)CN(CC1CNNC1c1ccccc1)CCO2. The predicted molar refractivity (Wildman–Crippen MR) is 126 cm³/mol. The van der Waals surface area contributed by atoms with Gasteiger partial charge in [-0.15, -0.1) is 0 Å². The smallest absolute Gasteiger partial charge is 0.123 e. The minimum Gasteiger partial charge on any atom is -0.492 e. The number of nitrogens with zero attached hydrogens (tertiary/aromatic N) is 1. The highest BCUT2D eigenvalue weighted by Gasteiger charge is 2.30. The van der Waals surface area contributed by atoms with Gasteiger partial charge in [0.15, 0.2) is 0 Å². The molecule has 0 saturated carbocycles. The average molecular weight is 430 g/mol. The topological polar surface area (TPSA) is 56.8 Å². The van der Waals surface area contributed by atoms with Crippen molar-refractivity contribution in [3.63, 3.8) is 0 Å². The summed E-state index contributed by atoms with van der Waals surface area (Å²) >= 11 is 0. The number of hydrogen-bond acceptors (Lipinski definition) is 5. The van der Waals surface area contributed by atoms with E-state index in [-0.39, 0.29) is 0 Å². The Hall–Kier alpha value is -2.70. The molecule has 0 aromatic heterocycles. The third kappa shape index (κ3) is 4.87. The first-order chi connectivity index (χ1) is 15.8. The molecule has 3 unspecified atom stereocenters. The van der Waals surface area contributed by atoms with Gasteiger partial charge in [0, 0.05) is 44.1 Å². The van der Waals surface area contributed by atoms with E-state index in [1.54, 1.807) is 0 Å². The second-order valence-corrected chi connectivity index (χ2v) is 8.83. The van der Waals surface area contributed by atoms with Gasteiger partial charge in [0.05, 0.1) is 12.1 Å². The Labute approximate surface area is 190 Å². The molecule has 0 aliphatic carbocycles. The number of ether oxygens (including phenoxy) is 1. The largest absolute Gasteiger partial charge is 0.492 e. The third-order valence-corrected chi connectivity index (χ3v) is 6.54. The summed E-state index contributed by atoms with van der Waals surface area (Å²) in [5.41, 5.74) is 11.4. The number of hydrazine groups is 1. The molecule has 0 amide bonds. The first-order valence-corrected chi connectivity index (χ1v) is 11.5. The van der Waals surface area contributed by atoms with Crippen molar-refractivity contribution in [2.75, 3.05) is 26.2 Å². The molecule has 3 atom stereocenters. The molecule has 2 aliphatic rings. The molecule has 32 heavy (non-hydrogen) atoms. The second kappa shape index (κ2) is 9.84. The van der Waals surface area contributed by atoms with Gasteiger partial charge in [-0.25, -0.2) is 5.43 Å². The highest BCUT2D eigenvalue weighted by atomic mass is 16.5. The van der Waals surface area contributed by atoms with Gasteiger partial charge in [-0.1, -0.05) is 66.7 Å². The molecule has 0 radical (unpaired) electrons. The number of aliphatic hydroxyl groups is 1. The molecular formula is C27H31N3O2. The van der Waals surface area contributed by atoms with Crippen molar-refractivity contribution in [2.24, 2.45) is 5.92 Å². The summed E-state index contributed by atoms with van der Waals surface area (Å²) in [7, 11) is 0. The summed E-state index contributed by atoms with van der Waals surface area (Å²) < 4.78 is 6.05. The number of rotatable bonds is 6. The van der Waals surface area contributed by atoms with E-state index in [0.717, 1.165) is 48.6 Å². The zero-order valence-electron chi connectivity index (χ0n) is 18.3. The van der Waals surface area contributed by atoms with E-state index in [4.69, 9.17) is 4.74 Å². The van der Waals surface area contributed by atoms with Crippen molar-refractivity contribution in [3.8, 4) is 5.75 Å².